The molecule has 1 fully saturated rings. The van der Waals surface area contributed by atoms with Crippen molar-refractivity contribution in [3.05, 3.63) is 42.2 Å². The molecule has 3 rings (SSSR count). The first-order valence-corrected chi connectivity index (χ1v) is 6.98. The molecule has 0 amide bonds. The molecule has 0 spiro atoms. The van der Waals surface area contributed by atoms with Crippen LogP contribution >= 0.6 is 0 Å². The molecule has 2 aromatic rings. The zero-order valence-corrected chi connectivity index (χ0v) is 11.3. The Morgan fingerprint density at radius 2 is 1.83 bits per heavy atom. The van der Waals surface area contributed by atoms with Gasteiger partial charge in [0.25, 0.3) is 0 Å². The smallest absolute Gasteiger partial charge is 0.0346 e. The molecule has 1 heterocycles. The van der Waals surface area contributed by atoms with Crippen LogP contribution in [0.15, 0.2) is 36.7 Å². The average molecular weight is 239 g/mol. The number of aromatic nitrogens is 1. The molecule has 1 aromatic heterocycles. The van der Waals surface area contributed by atoms with E-state index in [0.29, 0.717) is 5.41 Å². The summed E-state index contributed by atoms with van der Waals surface area (Å²) in [6, 6.07) is 9.00. The fourth-order valence-electron chi connectivity index (χ4n) is 3.09. The normalized spacial score (nSPS) is 20.1. The largest absolute Gasteiger partial charge is 0.264 e. The SMILES string of the molecule is CC1(C)CCC(c2ccc3cnccc3c2)CC1. The van der Waals surface area contributed by atoms with Gasteiger partial charge in [-0.25, -0.2) is 0 Å². The lowest BCUT2D eigenvalue weighted by Crippen LogP contribution is -2.20. The van der Waals surface area contributed by atoms with Gasteiger partial charge in [0.05, 0.1) is 0 Å². The molecule has 1 aliphatic carbocycles. The Kier molecular flexibility index (Phi) is 2.85. The Morgan fingerprint density at radius 1 is 1.06 bits per heavy atom. The maximum atomic E-state index is 4.17. The molecule has 0 N–H and O–H groups in total. The zero-order chi connectivity index (χ0) is 12.6. The first-order valence-electron chi connectivity index (χ1n) is 6.98. The third-order valence-electron chi connectivity index (χ3n) is 4.48. The summed E-state index contributed by atoms with van der Waals surface area (Å²) < 4.78 is 0. The molecular weight excluding hydrogens is 218 g/mol. The molecule has 0 aliphatic heterocycles. The van der Waals surface area contributed by atoms with Gasteiger partial charge in [0, 0.05) is 17.8 Å². The van der Waals surface area contributed by atoms with E-state index in [1.54, 1.807) is 0 Å². The molecule has 0 bridgehead atoms. The van der Waals surface area contributed by atoms with Crippen molar-refractivity contribution in [3.63, 3.8) is 0 Å². The first-order chi connectivity index (χ1) is 8.64. The van der Waals surface area contributed by atoms with Crippen LogP contribution in [0.5, 0.6) is 0 Å². The maximum absolute atomic E-state index is 4.17. The highest BCUT2D eigenvalue weighted by molar-refractivity contribution is 5.82. The molecule has 0 saturated heterocycles. The van der Waals surface area contributed by atoms with Crippen molar-refractivity contribution in [1.29, 1.82) is 0 Å². The summed E-state index contributed by atoms with van der Waals surface area (Å²) in [5, 5.41) is 2.57. The number of hydrogen-bond donors (Lipinski definition) is 0. The number of benzene rings is 1. The summed E-state index contributed by atoms with van der Waals surface area (Å²) in [4.78, 5) is 4.17. The number of hydrogen-bond acceptors (Lipinski definition) is 1. The predicted octanol–water partition coefficient (Wildman–Crippen LogP) is 4.92. The Labute approximate surface area is 109 Å². The molecule has 0 unspecified atom stereocenters. The van der Waals surface area contributed by atoms with Crippen molar-refractivity contribution in [2.75, 3.05) is 0 Å². The molecule has 1 aliphatic rings. The highest BCUT2D eigenvalue weighted by Gasteiger charge is 2.27. The van der Waals surface area contributed by atoms with Crippen LogP contribution in [0.1, 0.15) is 51.0 Å². The van der Waals surface area contributed by atoms with E-state index in [1.165, 1.54) is 42.0 Å². The second kappa shape index (κ2) is 4.38. The van der Waals surface area contributed by atoms with Crippen LogP contribution in [0.25, 0.3) is 10.8 Å². The second-order valence-electron chi connectivity index (χ2n) is 6.42. The lowest BCUT2D eigenvalue weighted by Gasteiger charge is -2.34. The van der Waals surface area contributed by atoms with Gasteiger partial charge in [0.1, 0.15) is 0 Å². The van der Waals surface area contributed by atoms with E-state index in [9.17, 15) is 0 Å². The monoisotopic (exact) mass is 239 g/mol. The van der Waals surface area contributed by atoms with E-state index >= 15 is 0 Å². The summed E-state index contributed by atoms with van der Waals surface area (Å²) in [6.07, 6.45) is 9.21. The quantitative estimate of drug-likeness (QED) is 0.688. The molecule has 1 saturated carbocycles. The summed E-state index contributed by atoms with van der Waals surface area (Å²) in [5.74, 6) is 0.760. The van der Waals surface area contributed by atoms with E-state index in [2.05, 4.69) is 43.1 Å². The van der Waals surface area contributed by atoms with Crippen molar-refractivity contribution >= 4 is 10.8 Å². The van der Waals surface area contributed by atoms with Crippen LogP contribution in [0.2, 0.25) is 0 Å². The van der Waals surface area contributed by atoms with E-state index in [0.717, 1.165) is 5.92 Å². The second-order valence-corrected chi connectivity index (χ2v) is 6.42. The summed E-state index contributed by atoms with van der Waals surface area (Å²) in [7, 11) is 0. The highest BCUT2D eigenvalue weighted by Crippen LogP contribution is 2.42. The maximum Gasteiger partial charge on any atom is 0.0346 e. The molecule has 0 atom stereocenters. The van der Waals surface area contributed by atoms with Crippen LogP contribution in [0, 0.1) is 5.41 Å². The summed E-state index contributed by atoms with van der Waals surface area (Å²) >= 11 is 0. The third-order valence-corrected chi connectivity index (χ3v) is 4.48. The number of fused-ring (bicyclic) bond motifs is 1. The highest BCUT2D eigenvalue weighted by atomic mass is 14.6. The van der Waals surface area contributed by atoms with E-state index in [-0.39, 0.29) is 0 Å². The number of pyridine rings is 1. The summed E-state index contributed by atoms with van der Waals surface area (Å²) in [6.45, 7) is 4.80. The lowest BCUT2D eigenvalue weighted by atomic mass is 9.71. The zero-order valence-electron chi connectivity index (χ0n) is 11.3. The molecule has 1 heteroatoms. The minimum atomic E-state index is 0.553. The Balaban J connectivity index is 1.87. The molecule has 18 heavy (non-hydrogen) atoms. The fraction of sp³-hybridized carbons (Fsp3) is 0.471. The van der Waals surface area contributed by atoms with E-state index < -0.39 is 0 Å². The van der Waals surface area contributed by atoms with Gasteiger partial charge in [0.15, 0.2) is 0 Å². The van der Waals surface area contributed by atoms with Crippen molar-refractivity contribution in [3.8, 4) is 0 Å². The van der Waals surface area contributed by atoms with Crippen molar-refractivity contribution in [2.24, 2.45) is 5.41 Å². The minimum absolute atomic E-state index is 0.553. The van der Waals surface area contributed by atoms with Crippen LogP contribution in [-0.2, 0) is 0 Å². The number of rotatable bonds is 1. The van der Waals surface area contributed by atoms with Gasteiger partial charge in [-0.15, -0.1) is 0 Å². The van der Waals surface area contributed by atoms with Crippen molar-refractivity contribution in [1.82, 2.24) is 4.98 Å². The van der Waals surface area contributed by atoms with E-state index in [4.69, 9.17) is 0 Å². The molecule has 94 valence electrons. The molecule has 0 radical (unpaired) electrons. The van der Waals surface area contributed by atoms with Gasteiger partial charge in [-0.05, 0) is 54.0 Å². The Bertz CT molecular complexity index is 546. The Morgan fingerprint density at radius 3 is 2.61 bits per heavy atom. The standard InChI is InChI=1S/C17H21N/c1-17(2)8-5-13(6-9-17)14-3-4-16-12-18-10-7-15(16)11-14/h3-4,7,10-13H,5-6,8-9H2,1-2H3. The van der Waals surface area contributed by atoms with Crippen LogP contribution < -0.4 is 0 Å². The minimum Gasteiger partial charge on any atom is -0.264 e. The number of nitrogens with zero attached hydrogens (tertiary/aromatic N) is 1. The predicted molar refractivity (Wildman–Crippen MR) is 76.7 cm³/mol. The van der Waals surface area contributed by atoms with Gasteiger partial charge in [-0.3, -0.25) is 4.98 Å². The van der Waals surface area contributed by atoms with E-state index in [1.807, 2.05) is 12.4 Å². The first kappa shape index (κ1) is 11.7. The molecule has 1 aromatic carbocycles. The van der Waals surface area contributed by atoms with Gasteiger partial charge >= 0.3 is 0 Å². The Hall–Kier alpha value is -1.37. The lowest BCUT2D eigenvalue weighted by molar-refractivity contribution is 0.224. The topological polar surface area (TPSA) is 12.9 Å². The molecule has 1 nitrogen and oxygen atoms in total. The third kappa shape index (κ3) is 2.27. The van der Waals surface area contributed by atoms with Crippen molar-refractivity contribution < 1.29 is 0 Å². The van der Waals surface area contributed by atoms with Gasteiger partial charge in [-0.1, -0.05) is 32.0 Å². The fourth-order valence-corrected chi connectivity index (χ4v) is 3.09. The van der Waals surface area contributed by atoms with Crippen LogP contribution in [0.4, 0.5) is 0 Å². The summed E-state index contributed by atoms with van der Waals surface area (Å²) in [5.41, 5.74) is 2.07. The van der Waals surface area contributed by atoms with Gasteiger partial charge in [0.2, 0.25) is 0 Å². The van der Waals surface area contributed by atoms with Crippen LogP contribution in [0.3, 0.4) is 0 Å². The van der Waals surface area contributed by atoms with Gasteiger partial charge < -0.3 is 0 Å². The van der Waals surface area contributed by atoms with Crippen molar-refractivity contribution in [2.45, 2.75) is 45.4 Å². The van der Waals surface area contributed by atoms with Crippen LogP contribution in [-0.4, -0.2) is 4.98 Å². The van der Waals surface area contributed by atoms with Gasteiger partial charge in [-0.2, -0.15) is 0 Å². The molecular formula is C17H21N. The average Bonchev–Trinajstić information content (AvgIpc) is 2.38.